The Kier molecular flexibility index (Phi) is 6.14. The van der Waals surface area contributed by atoms with Gasteiger partial charge in [0.2, 0.25) is 0 Å². The third-order valence-corrected chi connectivity index (χ3v) is 8.37. The summed E-state index contributed by atoms with van der Waals surface area (Å²) in [4.78, 5) is 21.9. The lowest BCUT2D eigenvalue weighted by molar-refractivity contribution is 0.0727. The first-order valence-corrected chi connectivity index (χ1v) is 13.3. The van der Waals surface area contributed by atoms with E-state index in [9.17, 15) is 4.79 Å². The summed E-state index contributed by atoms with van der Waals surface area (Å²) in [5.74, 6) is 0.751. The van der Waals surface area contributed by atoms with E-state index < -0.39 is 0 Å². The van der Waals surface area contributed by atoms with Crippen LogP contribution in [0.3, 0.4) is 0 Å². The maximum atomic E-state index is 13.8. The maximum Gasteiger partial charge on any atom is 0.270 e. The number of H-pyrrole nitrogens is 1. The van der Waals surface area contributed by atoms with Crippen molar-refractivity contribution in [3.05, 3.63) is 106 Å². The molecule has 4 nitrogen and oxygen atoms in total. The lowest BCUT2D eigenvalue weighted by atomic mass is 9.84. The number of aromatic amines is 1. The van der Waals surface area contributed by atoms with Crippen molar-refractivity contribution < 1.29 is 4.79 Å². The molecule has 2 aliphatic rings. The second-order valence-electron chi connectivity index (χ2n) is 10.6. The molecule has 4 aromatic rings. The van der Waals surface area contributed by atoms with Crippen LogP contribution in [0.25, 0.3) is 10.9 Å². The van der Waals surface area contributed by atoms with Gasteiger partial charge >= 0.3 is 0 Å². The van der Waals surface area contributed by atoms with Crippen molar-refractivity contribution in [3.8, 4) is 0 Å². The molecule has 1 saturated heterocycles. The molecule has 3 aromatic carbocycles. The molecule has 3 heterocycles. The van der Waals surface area contributed by atoms with Crippen molar-refractivity contribution >= 4 is 16.8 Å². The Labute approximate surface area is 213 Å². The molecule has 0 radical (unpaired) electrons. The second-order valence-corrected chi connectivity index (χ2v) is 10.6. The highest BCUT2D eigenvalue weighted by Gasteiger charge is 2.28. The standard InChI is InChI=1S/C32H35N3O/c1-22-8-7-9-23(2)30(22)25-14-17-34(18-15-25)21-28-27-12-5-6-13-29(27)33-31(28)32(36)35-19-16-24-10-3-4-11-26(24)20-35/h3-13,25,33H,14-21H2,1-2H3. The number of hydrogen-bond donors (Lipinski definition) is 1. The topological polar surface area (TPSA) is 39.3 Å². The van der Waals surface area contributed by atoms with E-state index in [1.165, 1.54) is 40.5 Å². The third kappa shape index (κ3) is 4.24. The Hall–Kier alpha value is -3.37. The van der Waals surface area contributed by atoms with E-state index in [1.54, 1.807) is 5.56 Å². The van der Waals surface area contributed by atoms with Crippen molar-refractivity contribution in [2.75, 3.05) is 19.6 Å². The van der Waals surface area contributed by atoms with Crippen molar-refractivity contribution in [1.82, 2.24) is 14.8 Å². The number of carbonyl (C=O) groups excluding carboxylic acids is 1. The minimum Gasteiger partial charge on any atom is -0.350 e. The molecule has 6 rings (SSSR count). The lowest BCUT2D eigenvalue weighted by Gasteiger charge is -2.34. The van der Waals surface area contributed by atoms with Gasteiger partial charge in [0, 0.05) is 36.1 Å². The maximum absolute atomic E-state index is 13.8. The number of amides is 1. The van der Waals surface area contributed by atoms with Crippen LogP contribution in [-0.4, -0.2) is 40.3 Å². The summed E-state index contributed by atoms with van der Waals surface area (Å²) < 4.78 is 0. The smallest absolute Gasteiger partial charge is 0.270 e. The number of nitrogens with zero attached hydrogens (tertiary/aromatic N) is 2. The van der Waals surface area contributed by atoms with Crippen LogP contribution >= 0.6 is 0 Å². The molecular weight excluding hydrogens is 442 g/mol. The molecular formula is C32H35N3O. The van der Waals surface area contributed by atoms with E-state index in [2.05, 4.69) is 84.4 Å². The monoisotopic (exact) mass is 477 g/mol. The van der Waals surface area contributed by atoms with Gasteiger partial charge in [0.25, 0.3) is 5.91 Å². The van der Waals surface area contributed by atoms with Gasteiger partial charge in [0.15, 0.2) is 0 Å². The van der Waals surface area contributed by atoms with Crippen LogP contribution in [-0.2, 0) is 19.5 Å². The fourth-order valence-electron chi connectivity index (χ4n) is 6.45. The summed E-state index contributed by atoms with van der Waals surface area (Å²) in [5.41, 5.74) is 9.99. The van der Waals surface area contributed by atoms with Gasteiger partial charge in [-0.25, -0.2) is 0 Å². The number of likely N-dealkylation sites (tertiary alicyclic amines) is 1. The average Bonchev–Trinajstić information content (AvgIpc) is 3.27. The highest BCUT2D eigenvalue weighted by molar-refractivity contribution is 6.01. The fraction of sp³-hybridized carbons (Fsp3) is 0.344. The molecule has 0 aliphatic carbocycles. The van der Waals surface area contributed by atoms with E-state index in [-0.39, 0.29) is 5.91 Å². The zero-order valence-corrected chi connectivity index (χ0v) is 21.4. The number of carbonyl (C=O) groups is 1. The SMILES string of the molecule is Cc1cccc(C)c1C1CCN(Cc2c(C(=O)N3CCc4ccccc4C3)[nH]c3ccccc23)CC1. The molecule has 0 saturated carbocycles. The summed E-state index contributed by atoms with van der Waals surface area (Å²) in [6.07, 6.45) is 3.25. The fourth-order valence-corrected chi connectivity index (χ4v) is 6.45. The van der Waals surface area contributed by atoms with Crippen molar-refractivity contribution in [2.24, 2.45) is 0 Å². The highest BCUT2D eigenvalue weighted by atomic mass is 16.2. The van der Waals surface area contributed by atoms with E-state index in [0.29, 0.717) is 12.5 Å². The van der Waals surface area contributed by atoms with Gasteiger partial charge in [-0.3, -0.25) is 9.69 Å². The first-order chi connectivity index (χ1) is 17.6. The van der Waals surface area contributed by atoms with E-state index in [0.717, 1.165) is 49.4 Å². The van der Waals surface area contributed by atoms with E-state index in [1.807, 2.05) is 11.0 Å². The van der Waals surface area contributed by atoms with Crippen molar-refractivity contribution in [1.29, 1.82) is 0 Å². The summed E-state index contributed by atoms with van der Waals surface area (Å²) in [7, 11) is 0. The highest BCUT2D eigenvalue weighted by Crippen LogP contribution is 2.34. The van der Waals surface area contributed by atoms with Gasteiger partial charge in [0.05, 0.1) is 0 Å². The van der Waals surface area contributed by atoms with Gasteiger partial charge < -0.3 is 9.88 Å². The molecule has 0 atom stereocenters. The van der Waals surface area contributed by atoms with Crippen LogP contribution in [0.2, 0.25) is 0 Å². The van der Waals surface area contributed by atoms with Gasteiger partial charge in [-0.15, -0.1) is 0 Å². The predicted molar refractivity (Wildman–Crippen MR) is 146 cm³/mol. The first kappa shape index (κ1) is 23.1. The van der Waals surface area contributed by atoms with Crippen LogP contribution in [0.5, 0.6) is 0 Å². The molecule has 1 amide bonds. The average molecular weight is 478 g/mol. The van der Waals surface area contributed by atoms with Crippen LogP contribution in [0.4, 0.5) is 0 Å². The number of fused-ring (bicyclic) bond motifs is 2. The number of para-hydroxylation sites is 1. The van der Waals surface area contributed by atoms with Gasteiger partial charge in [-0.1, -0.05) is 60.7 Å². The largest absolute Gasteiger partial charge is 0.350 e. The number of hydrogen-bond acceptors (Lipinski definition) is 2. The summed E-state index contributed by atoms with van der Waals surface area (Å²) in [5, 5.41) is 1.18. The zero-order valence-electron chi connectivity index (χ0n) is 21.4. The molecule has 1 aromatic heterocycles. The Bertz CT molecular complexity index is 1390. The molecule has 1 fully saturated rings. The van der Waals surface area contributed by atoms with Gasteiger partial charge in [0.1, 0.15) is 5.69 Å². The molecule has 0 spiro atoms. The van der Waals surface area contributed by atoms with Crippen molar-refractivity contribution in [3.63, 3.8) is 0 Å². The Morgan fingerprint density at radius 1 is 0.861 bits per heavy atom. The molecule has 2 aliphatic heterocycles. The van der Waals surface area contributed by atoms with Crippen LogP contribution in [0.1, 0.15) is 62.6 Å². The number of nitrogens with one attached hydrogen (secondary N) is 1. The summed E-state index contributed by atoms with van der Waals surface area (Å²) >= 11 is 0. The van der Waals surface area contributed by atoms with E-state index in [4.69, 9.17) is 0 Å². The third-order valence-electron chi connectivity index (χ3n) is 8.37. The zero-order chi connectivity index (χ0) is 24.6. The number of piperidine rings is 1. The Balaban J connectivity index is 1.23. The second kappa shape index (κ2) is 9.59. The Morgan fingerprint density at radius 3 is 2.33 bits per heavy atom. The molecule has 36 heavy (non-hydrogen) atoms. The number of benzene rings is 3. The summed E-state index contributed by atoms with van der Waals surface area (Å²) in [6, 6.07) is 23.5. The minimum atomic E-state index is 0.126. The summed E-state index contributed by atoms with van der Waals surface area (Å²) in [6.45, 7) is 8.88. The number of rotatable bonds is 4. The molecule has 4 heteroatoms. The first-order valence-electron chi connectivity index (χ1n) is 13.3. The predicted octanol–water partition coefficient (Wildman–Crippen LogP) is 6.36. The van der Waals surface area contributed by atoms with Crippen LogP contribution in [0, 0.1) is 13.8 Å². The Morgan fingerprint density at radius 2 is 1.56 bits per heavy atom. The number of aryl methyl sites for hydroxylation is 2. The van der Waals surface area contributed by atoms with Crippen LogP contribution < -0.4 is 0 Å². The molecule has 0 unspecified atom stereocenters. The lowest BCUT2D eigenvalue weighted by Crippen LogP contribution is -2.37. The van der Waals surface area contributed by atoms with Crippen LogP contribution in [0.15, 0.2) is 66.7 Å². The van der Waals surface area contributed by atoms with E-state index >= 15 is 0 Å². The molecule has 1 N–H and O–H groups in total. The normalized spacial score (nSPS) is 16.9. The van der Waals surface area contributed by atoms with Gasteiger partial charge in [-0.05, 0) is 86.0 Å². The number of aromatic nitrogens is 1. The van der Waals surface area contributed by atoms with Gasteiger partial charge in [-0.2, -0.15) is 0 Å². The quantitative estimate of drug-likeness (QED) is 0.371. The molecule has 0 bridgehead atoms. The van der Waals surface area contributed by atoms with Crippen molar-refractivity contribution in [2.45, 2.75) is 52.1 Å². The molecule has 184 valence electrons. The minimum absolute atomic E-state index is 0.126.